The molecule has 6 aromatic rings. The Balaban J connectivity index is 1.35. The van der Waals surface area contributed by atoms with E-state index in [4.69, 9.17) is 24.3 Å². The molecule has 0 saturated heterocycles. The standard InChI is InChI=1S/C36H35N5O4/c1-5-43-33(42)21-41-25(3)34(24(2)38-41)28-16-17-29-31(20-28)40(4)39-35(29)30-18-19-32(44-22-26-12-8-6-9-13-26)37-36(30)45-23-27-14-10-7-11-15-27/h6-20H,5,21-23H2,1-4H3. The van der Waals surface area contributed by atoms with Gasteiger partial charge in [-0.15, -0.1) is 0 Å². The van der Waals surface area contributed by atoms with Gasteiger partial charge in [-0.05, 0) is 55.7 Å². The Morgan fingerprint density at radius 3 is 2.20 bits per heavy atom. The van der Waals surface area contributed by atoms with Crippen LogP contribution in [-0.4, -0.2) is 37.1 Å². The second-order valence-corrected chi connectivity index (χ2v) is 10.8. The molecule has 9 nitrogen and oxygen atoms in total. The van der Waals surface area contributed by atoms with Crippen molar-refractivity contribution in [3.8, 4) is 34.1 Å². The van der Waals surface area contributed by atoms with Crippen LogP contribution in [-0.2, 0) is 36.3 Å². The van der Waals surface area contributed by atoms with Gasteiger partial charge in [-0.2, -0.15) is 15.2 Å². The topological polar surface area (TPSA) is 93.3 Å². The molecule has 0 unspecified atom stereocenters. The number of nitrogens with zero attached hydrogens (tertiary/aromatic N) is 5. The highest BCUT2D eigenvalue weighted by molar-refractivity contribution is 5.97. The summed E-state index contributed by atoms with van der Waals surface area (Å²) in [5.41, 5.74) is 8.27. The molecule has 45 heavy (non-hydrogen) atoms. The Labute approximate surface area is 262 Å². The number of benzene rings is 3. The van der Waals surface area contributed by atoms with E-state index in [1.807, 2.05) is 98.4 Å². The van der Waals surface area contributed by atoms with Crippen LogP contribution in [0.2, 0.25) is 0 Å². The first-order valence-electron chi connectivity index (χ1n) is 14.9. The lowest BCUT2D eigenvalue weighted by Crippen LogP contribution is -2.15. The average molecular weight is 602 g/mol. The number of carbonyl (C=O) groups excluding carboxylic acids is 1. The van der Waals surface area contributed by atoms with Gasteiger partial charge >= 0.3 is 5.97 Å². The van der Waals surface area contributed by atoms with E-state index in [-0.39, 0.29) is 12.5 Å². The third kappa shape index (κ3) is 6.43. The fourth-order valence-electron chi connectivity index (χ4n) is 5.46. The van der Waals surface area contributed by atoms with E-state index >= 15 is 0 Å². The number of aryl methyl sites for hydroxylation is 2. The summed E-state index contributed by atoms with van der Waals surface area (Å²) in [6.07, 6.45) is 0. The molecule has 0 bridgehead atoms. The predicted octanol–water partition coefficient (Wildman–Crippen LogP) is 6.84. The third-order valence-electron chi connectivity index (χ3n) is 7.64. The third-order valence-corrected chi connectivity index (χ3v) is 7.64. The highest BCUT2D eigenvalue weighted by atomic mass is 16.5. The molecular weight excluding hydrogens is 566 g/mol. The molecule has 0 N–H and O–H groups in total. The first-order valence-corrected chi connectivity index (χ1v) is 14.9. The van der Waals surface area contributed by atoms with Crippen LogP contribution < -0.4 is 9.47 Å². The molecule has 0 aliphatic heterocycles. The Hall–Kier alpha value is -5.44. The van der Waals surface area contributed by atoms with Gasteiger partial charge in [0.1, 0.15) is 25.5 Å². The second-order valence-electron chi connectivity index (χ2n) is 10.8. The number of ether oxygens (including phenoxy) is 3. The van der Waals surface area contributed by atoms with Gasteiger partial charge in [-0.3, -0.25) is 14.2 Å². The monoisotopic (exact) mass is 601 g/mol. The molecule has 3 heterocycles. The fraction of sp³-hybridized carbons (Fsp3) is 0.222. The number of carbonyl (C=O) groups is 1. The van der Waals surface area contributed by atoms with E-state index in [0.717, 1.165) is 55.8 Å². The van der Waals surface area contributed by atoms with Gasteiger partial charge in [0.2, 0.25) is 11.8 Å². The maximum Gasteiger partial charge on any atom is 0.327 e. The lowest BCUT2D eigenvalue weighted by atomic mass is 10.0. The van der Waals surface area contributed by atoms with Crippen molar-refractivity contribution in [2.75, 3.05) is 6.61 Å². The summed E-state index contributed by atoms with van der Waals surface area (Å²) in [6, 6.07) is 30.0. The van der Waals surface area contributed by atoms with Gasteiger partial charge in [-0.1, -0.05) is 66.7 Å². The summed E-state index contributed by atoms with van der Waals surface area (Å²) in [5, 5.41) is 10.5. The second kappa shape index (κ2) is 13.1. The number of esters is 1. The van der Waals surface area contributed by atoms with Crippen molar-refractivity contribution in [1.29, 1.82) is 0 Å². The van der Waals surface area contributed by atoms with Crippen molar-refractivity contribution in [2.24, 2.45) is 7.05 Å². The number of hydrogen-bond acceptors (Lipinski definition) is 7. The molecule has 3 aromatic carbocycles. The summed E-state index contributed by atoms with van der Waals surface area (Å²) in [7, 11) is 1.93. The van der Waals surface area contributed by atoms with Crippen molar-refractivity contribution in [2.45, 2.75) is 40.5 Å². The van der Waals surface area contributed by atoms with E-state index in [2.05, 4.69) is 23.3 Å². The molecule has 0 aliphatic carbocycles. The summed E-state index contributed by atoms with van der Waals surface area (Å²) >= 11 is 0. The van der Waals surface area contributed by atoms with Gasteiger partial charge < -0.3 is 14.2 Å². The Morgan fingerprint density at radius 1 is 0.822 bits per heavy atom. The first-order chi connectivity index (χ1) is 21.9. The molecule has 0 aliphatic rings. The number of hydrogen-bond donors (Lipinski definition) is 0. The van der Waals surface area contributed by atoms with Crippen LogP contribution in [0, 0.1) is 13.8 Å². The van der Waals surface area contributed by atoms with Crippen molar-refractivity contribution in [1.82, 2.24) is 24.5 Å². The Bertz CT molecular complexity index is 1950. The van der Waals surface area contributed by atoms with Crippen molar-refractivity contribution >= 4 is 16.9 Å². The number of aromatic nitrogens is 5. The normalized spacial score (nSPS) is 11.1. The zero-order valence-corrected chi connectivity index (χ0v) is 25.9. The highest BCUT2D eigenvalue weighted by Crippen LogP contribution is 2.37. The largest absolute Gasteiger partial charge is 0.473 e. The lowest BCUT2D eigenvalue weighted by Gasteiger charge is -2.12. The maximum atomic E-state index is 12.1. The summed E-state index contributed by atoms with van der Waals surface area (Å²) in [6.45, 7) is 6.88. The number of fused-ring (bicyclic) bond motifs is 1. The van der Waals surface area contributed by atoms with Crippen LogP contribution in [0.4, 0.5) is 0 Å². The van der Waals surface area contributed by atoms with Gasteiger partial charge in [0.25, 0.3) is 0 Å². The predicted molar refractivity (Wildman–Crippen MR) is 173 cm³/mol. The zero-order valence-electron chi connectivity index (χ0n) is 25.9. The van der Waals surface area contributed by atoms with E-state index in [0.29, 0.717) is 31.6 Å². The van der Waals surface area contributed by atoms with E-state index in [1.165, 1.54) is 0 Å². The van der Waals surface area contributed by atoms with Crippen LogP contribution in [0.1, 0.15) is 29.4 Å². The molecule has 0 spiro atoms. The van der Waals surface area contributed by atoms with Gasteiger partial charge in [0, 0.05) is 29.8 Å². The minimum absolute atomic E-state index is 0.0719. The quantitative estimate of drug-likeness (QED) is 0.150. The molecule has 0 saturated carbocycles. The average Bonchev–Trinajstić information content (AvgIpc) is 3.53. The number of pyridine rings is 1. The van der Waals surface area contributed by atoms with Crippen molar-refractivity contribution in [3.05, 3.63) is 114 Å². The maximum absolute atomic E-state index is 12.1. The zero-order chi connectivity index (χ0) is 31.3. The summed E-state index contributed by atoms with van der Waals surface area (Å²) in [4.78, 5) is 16.9. The van der Waals surface area contributed by atoms with Gasteiger partial charge in [0.05, 0.1) is 23.4 Å². The molecule has 228 valence electrons. The molecule has 3 aromatic heterocycles. The van der Waals surface area contributed by atoms with E-state index in [9.17, 15) is 4.79 Å². The molecule has 0 atom stereocenters. The van der Waals surface area contributed by atoms with Gasteiger partial charge in [-0.25, -0.2) is 0 Å². The lowest BCUT2D eigenvalue weighted by molar-refractivity contribution is -0.144. The Kier molecular flexibility index (Phi) is 8.59. The molecule has 0 amide bonds. The van der Waals surface area contributed by atoms with Crippen LogP contribution in [0.3, 0.4) is 0 Å². The van der Waals surface area contributed by atoms with Crippen LogP contribution in [0.25, 0.3) is 33.3 Å². The fourth-order valence-corrected chi connectivity index (χ4v) is 5.46. The van der Waals surface area contributed by atoms with E-state index in [1.54, 1.807) is 11.6 Å². The minimum Gasteiger partial charge on any atom is -0.473 e. The van der Waals surface area contributed by atoms with Crippen molar-refractivity contribution in [3.63, 3.8) is 0 Å². The summed E-state index contributed by atoms with van der Waals surface area (Å²) < 4.78 is 21.1. The molecule has 6 rings (SSSR count). The smallest absolute Gasteiger partial charge is 0.327 e. The Morgan fingerprint density at radius 2 is 1.51 bits per heavy atom. The summed E-state index contributed by atoms with van der Waals surface area (Å²) in [5.74, 6) is 0.608. The van der Waals surface area contributed by atoms with Crippen LogP contribution >= 0.6 is 0 Å². The SMILES string of the molecule is CCOC(=O)Cn1nc(C)c(-c2ccc3c(-c4ccc(OCc5ccccc5)nc4OCc4ccccc4)nn(C)c3c2)c1C. The van der Waals surface area contributed by atoms with Crippen molar-refractivity contribution < 1.29 is 19.0 Å². The number of rotatable bonds is 11. The highest BCUT2D eigenvalue weighted by Gasteiger charge is 2.21. The minimum atomic E-state index is -0.309. The molecule has 9 heteroatoms. The van der Waals surface area contributed by atoms with Gasteiger partial charge in [0.15, 0.2) is 0 Å². The molecule has 0 radical (unpaired) electrons. The first kappa shape index (κ1) is 29.6. The van der Waals surface area contributed by atoms with E-state index < -0.39 is 0 Å². The molecular formula is C36H35N5O4. The van der Waals surface area contributed by atoms with Crippen LogP contribution in [0.5, 0.6) is 11.8 Å². The molecule has 0 fully saturated rings. The van der Waals surface area contributed by atoms with Crippen LogP contribution in [0.15, 0.2) is 91.0 Å².